The summed E-state index contributed by atoms with van der Waals surface area (Å²) in [5.74, 6) is 3.65. The molecule has 4 nitrogen and oxygen atoms in total. The average molecular weight is 368 g/mol. The van der Waals surface area contributed by atoms with E-state index < -0.39 is 0 Å². The van der Waals surface area contributed by atoms with Gasteiger partial charge in [-0.1, -0.05) is 12.5 Å². The second kappa shape index (κ2) is 7.34. The fourth-order valence-corrected chi connectivity index (χ4v) is 4.90. The summed E-state index contributed by atoms with van der Waals surface area (Å²) in [6, 6.07) is 6.55. The summed E-state index contributed by atoms with van der Waals surface area (Å²) < 4.78 is 23.1. The summed E-state index contributed by atoms with van der Waals surface area (Å²) in [5, 5.41) is 0. The van der Waals surface area contributed by atoms with Crippen molar-refractivity contribution in [2.45, 2.75) is 44.4 Å². The highest BCUT2D eigenvalue weighted by atomic mass is 16.5. The van der Waals surface area contributed by atoms with Crippen LogP contribution in [0.1, 0.15) is 48.3 Å². The van der Waals surface area contributed by atoms with Crippen LogP contribution in [0, 0.1) is 0 Å². The molecular formula is C23H28O4. The van der Waals surface area contributed by atoms with Crippen molar-refractivity contribution in [3.63, 3.8) is 0 Å². The third-order valence-corrected chi connectivity index (χ3v) is 6.09. The van der Waals surface area contributed by atoms with Crippen LogP contribution < -0.4 is 18.9 Å². The van der Waals surface area contributed by atoms with Gasteiger partial charge in [-0.2, -0.15) is 0 Å². The topological polar surface area (TPSA) is 36.9 Å². The van der Waals surface area contributed by atoms with Gasteiger partial charge in [-0.3, -0.25) is 0 Å². The molecule has 4 rings (SSSR count). The number of rotatable bonds is 4. The van der Waals surface area contributed by atoms with Gasteiger partial charge in [0.25, 0.3) is 0 Å². The summed E-state index contributed by atoms with van der Waals surface area (Å²) in [6.45, 7) is 0. The number of benzene rings is 2. The first-order valence-corrected chi connectivity index (χ1v) is 9.75. The van der Waals surface area contributed by atoms with Crippen LogP contribution in [0.2, 0.25) is 0 Å². The van der Waals surface area contributed by atoms with Crippen molar-refractivity contribution in [2.75, 3.05) is 28.4 Å². The van der Waals surface area contributed by atoms with Crippen molar-refractivity contribution in [2.24, 2.45) is 0 Å². The van der Waals surface area contributed by atoms with Crippen molar-refractivity contribution in [1.82, 2.24) is 0 Å². The maximum atomic E-state index is 5.85. The minimum atomic E-state index is 0.587. The van der Waals surface area contributed by atoms with Gasteiger partial charge < -0.3 is 18.9 Å². The molecule has 0 N–H and O–H groups in total. The van der Waals surface area contributed by atoms with Crippen molar-refractivity contribution in [3.05, 3.63) is 34.9 Å². The zero-order chi connectivity index (χ0) is 19.0. The molecule has 0 heterocycles. The smallest absolute Gasteiger partial charge is 0.204 e. The lowest BCUT2D eigenvalue weighted by Gasteiger charge is -2.25. The minimum absolute atomic E-state index is 0.587. The molecule has 0 aromatic heterocycles. The summed E-state index contributed by atoms with van der Waals surface area (Å²) >= 11 is 0. The highest BCUT2D eigenvalue weighted by Crippen LogP contribution is 2.54. The Hall–Kier alpha value is -2.36. The van der Waals surface area contributed by atoms with Gasteiger partial charge in [-0.05, 0) is 66.8 Å². The van der Waals surface area contributed by atoms with Gasteiger partial charge in [0.1, 0.15) is 5.75 Å². The molecule has 2 aliphatic rings. The number of ether oxygens (including phenoxy) is 4. The highest BCUT2D eigenvalue weighted by molar-refractivity contribution is 5.85. The van der Waals surface area contributed by atoms with Crippen LogP contribution in [0.3, 0.4) is 0 Å². The standard InChI is InChI=1S/C23H28O4/c1-24-18-12-11-15-10-9-14-7-5-6-8-16-13-17(20(18)19(14)15)22(26-3)23(27-4)21(16)25-2/h11-14H,5-10H2,1-4H3. The van der Waals surface area contributed by atoms with E-state index in [1.807, 2.05) is 0 Å². The fraction of sp³-hybridized carbons (Fsp3) is 0.478. The number of methoxy groups -OCH3 is 4. The molecule has 0 fully saturated rings. The molecule has 1 atom stereocenters. The van der Waals surface area contributed by atoms with E-state index in [1.54, 1.807) is 28.4 Å². The lowest BCUT2D eigenvalue weighted by Crippen LogP contribution is -2.06. The van der Waals surface area contributed by atoms with E-state index in [4.69, 9.17) is 18.9 Å². The average Bonchev–Trinajstić information content (AvgIpc) is 3.12. The first kappa shape index (κ1) is 18.0. The van der Waals surface area contributed by atoms with Crippen LogP contribution in [0.4, 0.5) is 0 Å². The Labute approximate surface area is 161 Å². The quantitative estimate of drug-likeness (QED) is 0.748. The van der Waals surface area contributed by atoms with Gasteiger partial charge >= 0.3 is 0 Å². The molecule has 0 radical (unpaired) electrons. The number of hydrogen-bond acceptors (Lipinski definition) is 4. The number of fused-ring (bicyclic) bond motifs is 3. The molecule has 0 saturated heterocycles. The molecule has 144 valence electrons. The molecule has 0 amide bonds. The molecule has 2 aliphatic carbocycles. The molecule has 4 heteroatoms. The van der Waals surface area contributed by atoms with Gasteiger partial charge in [-0.15, -0.1) is 0 Å². The third-order valence-electron chi connectivity index (χ3n) is 6.09. The van der Waals surface area contributed by atoms with Crippen LogP contribution in [0.15, 0.2) is 18.2 Å². The van der Waals surface area contributed by atoms with Crippen LogP contribution in [0.5, 0.6) is 23.0 Å². The number of hydrogen-bond donors (Lipinski definition) is 0. The molecule has 2 bridgehead atoms. The second-order valence-electron chi connectivity index (χ2n) is 7.38. The van der Waals surface area contributed by atoms with Crippen molar-refractivity contribution in [1.29, 1.82) is 0 Å². The minimum Gasteiger partial charge on any atom is -0.496 e. The van der Waals surface area contributed by atoms with Crippen LogP contribution in [-0.2, 0) is 12.8 Å². The van der Waals surface area contributed by atoms with E-state index in [-0.39, 0.29) is 0 Å². The third kappa shape index (κ3) is 2.82. The molecular weight excluding hydrogens is 340 g/mol. The van der Waals surface area contributed by atoms with Gasteiger partial charge in [0, 0.05) is 11.1 Å². The lowest BCUT2D eigenvalue weighted by molar-refractivity contribution is 0.322. The SMILES string of the molecule is COc1ccc2c3c1-c1cc(c(OC)c(OC)c1OC)CCCCC3CC2. The maximum absolute atomic E-state index is 5.85. The molecule has 0 spiro atoms. The molecule has 0 saturated carbocycles. The molecule has 1 unspecified atom stereocenters. The Morgan fingerprint density at radius 1 is 0.741 bits per heavy atom. The van der Waals surface area contributed by atoms with Gasteiger partial charge in [0.2, 0.25) is 5.75 Å². The zero-order valence-electron chi connectivity index (χ0n) is 16.7. The van der Waals surface area contributed by atoms with Crippen LogP contribution >= 0.6 is 0 Å². The first-order chi connectivity index (χ1) is 13.2. The summed E-state index contributed by atoms with van der Waals surface area (Å²) in [7, 11) is 6.81. The Bertz CT molecular complexity index is 856. The monoisotopic (exact) mass is 368 g/mol. The van der Waals surface area contributed by atoms with E-state index in [2.05, 4.69) is 18.2 Å². The van der Waals surface area contributed by atoms with Crippen LogP contribution in [-0.4, -0.2) is 28.4 Å². The molecule has 0 aliphatic heterocycles. The lowest BCUT2D eigenvalue weighted by atomic mass is 9.84. The van der Waals surface area contributed by atoms with Gasteiger partial charge in [0.15, 0.2) is 11.5 Å². The van der Waals surface area contributed by atoms with Crippen molar-refractivity contribution >= 4 is 0 Å². The Morgan fingerprint density at radius 3 is 2.22 bits per heavy atom. The van der Waals surface area contributed by atoms with Crippen molar-refractivity contribution in [3.8, 4) is 34.1 Å². The van der Waals surface area contributed by atoms with E-state index in [1.165, 1.54) is 41.5 Å². The Kier molecular flexibility index (Phi) is 4.90. The predicted octanol–water partition coefficient (Wildman–Crippen LogP) is 5.14. The Balaban J connectivity index is 2.10. The summed E-state index contributed by atoms with van der Waals surface area (Å²) in [5.41, 5.74) is 6.26. The second-order valence-corrected chi connectivity index (χ2v) is 7.38. The van der Waals surface area contributed by atoms with Crippen LogP contribution in [0.25, 0.3) is 11.1 Å². The zero-order valence-corrected chi connectivity index (χ0v) is 16.7. The maximum Gasteiger partial charge on any atom is 0.204 e. The summed E-state index contributed by atoms with van der Waals surface area (Å²) in [4.78, 5) is 0. The Morgan fingerprint density at radius 2 is 1.52 bits per heavy atom. The van der Waals surface area contributed by atoms with Gasteiger partial charge in [0.05, 0.1) is 28.4 Å². The number of aryl methyl sites for hydroxylation is 2. The molecule has 27 heavy (non-hydrogen) atoms. The van der Waals surface area contributed by atoms with E-state index in [0.29, 0.717) is 11.7 Å². The largest absolute Gasteiger partial charge is 0.496 e. The van der Waals surface area contributed by atoms with E-state index in [9.17, 15) is 0 Å². The van der Waals surface area contributed by atoms with E-state index in [0.717, 1.165) is 42.1 Å². The normalized spacial score (nSPS) is 17.9. The van der Waals surface area contributed by atoms with Gasteiger partial charge in [-0.25, -0.2) is 0 Å². The fourth-order valence-electron chi connectivity index (χ4n) is 4.90. The molecule has 2 aromatic carbocycles. The predicted molar refractivity (Wildman–Crippen MR) is 107 cm³/mol. The summed E-state index contributed by atoms with van der Waals surface area (Å²) in [6.07, 6.45) is 6.92. The first-order valence-electron chi connectivity index (χ1n) is 9.75. The van der Waals surface area contributed by atoms with Crippen molar-refractivity contribution < 1.29 is 18.9 Å². The highest BCUT2D eigenvalue weighted by Gasteiger charge is 2.32. The molecule has 2 aromatic rings. The van der Waals surface area contributed by atoms with E-state index >= 15 is 0 Å².